The second kappa shape index (κ2) is 6.62. The lowest BCUT2D eigenvalue weighted by Crippen LogP contribution is -2.29. The van der Waals surface area contributed by atoms with Gasteiger partial charge in [-0.1, -0.05) is 24.3 Å². The number of rotatable bonds is 6. The third-order valence-corrected chi connectivity index (χ3v) is 3.71. The molecule has 0 aromatic heterocycles. The van der Waals surface area contributed by atoms with Crippen molar-refractivity contribution in [3.8, 4) is 5.75 Å². The predicted octanol–water partition coefficient (Wildman–Crippen LogP) is 2.24. The summed E-state index contributed by atoms with van der Waals surface area (Å²) < 4.78 is 5.46. The molecular formula is C18H17NO4. The second-order valence-electron chi connectivity index (χ2n) is 5.31. The summed E-state index contributed by atoms with van der Waals surface area (Å²) in [5, 5.41) is 8.72. The predicted molar refractivity (Wildman–Crippen MR) is 84.3 cm³/mol. The van der Waals surface area contributed by atoms with Crippen molar-refractivity contribution in [2.45, 2.75) is 13.0 Å². The van der Waals surface area contributed by atoms with E-state index >= 15 is 0 Å². The molecular weight excluding hydrogens is 294 g/mol. The van der Waals surface area contributed by atoms with Gasteiger partial charge in [0.2, 0.25) is 0 Å². The van der Waals surface area contributed by atoms with Gasteiger partial charge < -0.3 is 9.84 Å². The molecule has 0 radical (unpaired) electrons. The quantitative estimate of drug-likeness (QED) is 0.656. The molecule has 0 aliphatic carbocycles. The average molecular weight is 311 g/mol. The summed E-state index contributed by atoms with van der Waals surface area (Å²) in [7, 11) is 0. The Balaban J connectivity index is 1.68. The van der Waals surface area contributed by atoms with Crippen LogP contribution in [0.5, 0.6) is 5.75 Å². The Morgan fingerprint density at radius 2 is 1.52 bits per heavy atom. The number of imide groups is 1. The summed E-state index contributed by atoms with van der Waals surface area (Å²) >= 11 is 0. The maximum atomic E-state index is 12.3. The van der Waals surface area contributed by atoms with E-state index in [4.69, 9.17) is 9.84 Å². The fourth-order valence-corrected chi connectivity index (χ4v) is 2.51. The van der Waals surface area contributed by atoms with Gasteiger partial charge in [0, 0.05) is 13.0 Å². The lowest BCUT2D eigenvalue weighted by Gasteiger charge is -2.14. The maximum Gasteiger partial charge on any atom is 0.261 e. The van der Waals surface area contributed by atoms with Gasteiger partial charge in [-0.25, -0.2) is 0 Å². The number of carbonyl (C=O) groups excluding carboxylic acids is 2. The lowest BCUT2D eigenvalue weighted by molar-refractivity contribution is 0.0642. The van der Waals surface area contributed by atoms with Crippen LogP contribution in [0, 0.1) is 0 Å². The number of amides is 2. The lowest BCUT2D eigenvalue weighted by atomic mass is 10.1. The molecule has 0 saturated heterocycles. The first kappa shape index (κ1) is 15.2. The first-order valence-electron chi connectivity index (χ1n) is 7.48. The maximum absolute atomic E-state index is 12.3. The molecule has 5 nitrogen and oxygen atoms in total. The van der Waals surface area contributed by atoms with Crippen LogP contribution in [-0.4, -0.2) is 35.0 Å². The van der Waals surface area contributed by atoms with E-state index < -0.39 is 0 Å². The first-order chi connectivity index (χ1) is 11.2. The zero-order valence-electron chi connectivity index (χ0n) is 12.6. The second-order valence-corrected chi connectivity index (χ2v) is 5.31. The zero-order chi connectivity index (χ0) is 16.2. The van der Waals surface area contributed by atoms with Crippen molar-refractivity contribution in [3.05, 3.63) is 65.2 Å². The van der Waals surface area contributed by atoms with Gasteiger partial charge in [-0.2, -0.15) is 0 Å². The highest BCUT2D eigenvalue weighted by atomic mass is 16.5. The fraction of sp³-hybridized carbons (Fsp3) is 0.222. The van der Waals surface area contributed by atoms with Crippen molar-refractivity contribution < 1.29 is 19.4 Å². The molecule has 0 atom stereocenters. The van der Waals surface area contributed by atoms with E-state index in [1.54, 1.807) is 36.4 Å². The molecule has 0 spiro atoms. The third-order valence-electron chi connectivity index (χ3n) is 3.71. The molecule has 5 heteroatoms. The monoisotopic (exact) mass is 311 g/mol. The van der Waals surface area contributed by atoms with Gasteiger partial charge in [0.05, 0.1) is 24.3 Å². The standard InChI is InChI=1S/C18H17NO4/c20-10-3-11-23-14-8-6-13(7-9-14)12-19-17(21)15-4-1-2-5-16(15)18(19)22/h1-2,4-9,20H,3,10-12H2. The van der Waals surface area contributed by atoms with E-state index in [1.165, 1.54) is 4.90 Å². The van der Waals surface area contributed by atoms with Crippen molar-refractivity contribution in [2.75, 3.05) is 13.2 Å². The van der Waals surface area contributed by atoms with Crippen LogP contribution in [0.2, 0.25) is 0 Å². The minimum Gasteiger partial charge on any atom is -0.494 e. The Bertz CT molecular complexity index is 689. The number of benzene rings is 2. The van der Waals surface area contributed by atoms with Crippen LogP contribution in [0.25, 0.3) is 0 Å². The number of fused-ring (bicyclic) bond motifs is 1. The Hall–Kier alpha value is -2.66. The molecule has 0 saturated carbocycles. The van der Waals surface area contributed by atoms with Crippen LogP contribution in [0.15, 0.2) is 48.5 Å². The fourth-order valence-electron chi connectivity index (χ4n) is 2.51. The van der Waals surface area contributed by atoms with Gasteiger partial charge in [0.1, 0.15) is 5.75 Å². The molecule has 118 valence electrons. The van der Waals surface area contributed by atoms with Crippen LogP contribution < -0.4 is 4.74 Å². The summed E-state index contributed by atoms with van der Waals surface area (Å²) in [4.78, 5) is 25.9. The normalized spacial score (nSPS) is 13.3. The zero-order valence-corrected chi connectivity index (χ0v) is 12.6. The summed E-state index contributed by atoms with van der Waals surface area (Å²) in [6.45, 7) is 0.787. The molecule has 0 bridgehead atoms. The molecule has 23 heavy (non-hydrogen) atoms. The number of ether oxygens (including phenoxy) is 1. The molecule has 1 aliphatic rings. The van der Waals surface area contributed by atoms with Crippen molar-refractivity contribution in [3.63, 3.8) is 0 Å². The number of hydrogen-bond acceptors (Lipinski definition) is 4. The summed E-state index contributed by atoms with van der Waals surface area (Å²) in [5.74, 6) is 0.187. The molecule has 2 amide bonds. The van der Waals surface area contributed by atoms with Crippen LogP contribution in [0.4, 0.5) is 0 Å². The Kier molecular flexibility index (Phi) is 4.39. The van der Waals surface area contributed by atoms with Crippen molar-refractivity contribution in [2.24, 2.45) is 0 Å². The first-order valence-corrected chi connectivity index (χ1v) is 7.48. The van der Waals surface area contributed by atoms with Gasteiger partial charge in [-0.3, -0.25) is 14.5 Å². The minimum atomic E-state index is -0.256. The SMILES string of the molecule is O=C1c2ccccc2C(=O)N1Cc1ccc(OCCCO)cc1. The molecule has 1 heterocycles. The number of carbonyl (C=O) groups is 2. The van der Waals surface area contributed by atoms with Crippen LogP contribution in [0.3, 0.4) is 0 Å². The van der Waals surface area contributed by atoms with Crippen molar-refractivity contribution >= 4 is 11.8 Å². The highest BCUT2D eigenvalue weighted by Gasteiger charge is 2.34. The molecule has 2 aromatic rings. The van der Waals surface area contributed by atoms with E-state index in [-0.39, 0.29) is 25.0 Å². The summed E-state index contributed by atoms with van der Waals surface area (Å²) in [6, 6.07) is 14.1. The molecule has 1 aliphatic heterocycles. The number of hydrogen-bond donors (Lipinski definition) is 1. The average Bonchev–Trinajstić information content (AvgIpc) is 2.82. The van der Waals surface area contributed by atoms with Gasteiger partial charge in [0.15, 0.2) is 0 Å². The van der Waals surface area contributed by atoms with E-state index in [1.807, 2.05) is 12.1 Å². The van der Waals surface area contributed by atoms with Gasteiger partial charge in [-0.05, 0) is 29.8 Å². The summed E-state index contributed by atoms with van der Waals surface area (Å²) in [5.41, 5.74) is 1.77. The topological polar surface area (TPSA) is 66.8 Å². The Morgan fingerprint density at radius 3 is 2.09 bits per heavy atom. The molecule has 2 aromatic carbocycles. The molecule has 1 N–H and O–H groups in total. The Labute approximate surface area is 134 Å². The molecule has 3 rings (SSSR count). The van der Waals surface area contributed by atoms with Crippen LogP contribution in [0.1, 0.15) is 32.7 Å². The van der Waals surface area contributed by atoms with Gasteiger partial charge in [0.25, 0.3) is 11.8 Å². The molecule has 0 fully saturated rings. The highest BCUT2D eigenvalue weighted by molar-refractivity contribution is 6.21. The third kappa shape index (κ3) is 3.10. The van der Waals surface area contributed by atoms with Crippen molar-refractivity contribution in [1.29, 1.82) is 0 Å². The largest absolute Gasteiger partial charge is 0.494 e. The Morgan fingerprint density at radius 1 is 0.913 bits per heavy atom. The molecule has 0 unspecified atom stereocenters. The number of aliphatic hydroxyl groups is 1. The van der Waals surface area contributed by atoms with E-state index in [0.717, 1.165) is 5.56 Å². The summed E-state index contributed by atoms with van der Waals surface area (Å²) in [6.07, 6.45) is 0.580. The van der Waals surface area contributed by atoms with E-state index in [0.29, 0.717) is 29.9 Å². The number of aliphatic hydroxyl groups excluding tert-OH is 1. The van der Waals surface area contributed by atoms with Gasteiger partial charge >= 0.3 is 0 Å². The van der Waals surface area contributed by atoms with E-state index in [2.05, 4.69) is 0 Å². The van der Waals surface area contributed by atoms with Crippen molar-refractivity contribution in [1.82, 2.24) is 4.90 Å². The smallest absolute Gasteiger partial charge is 0.261 e. The van der Waals surface area contributed by atoms with Gasteiger partial charge in [-0.15, -0.1) is 0 Å². The van der Waals surface area contributed by atoms with Crippen LogP contribution in [-0.2, 0) is 6.54 Å². The van der Waals surface area contributed by atoms with Crippen LogP contribution >= 0.6 is 0 Å². The highest BCUT2D eigenvalue weighted by Crippen LogP contribution is 2.24. The van der Waals surface area contributed by atoms with E-state index in [9.17, 15) is 9.59 Å². The number of nitrogens with zero attached hydrogens (tertiary/aromatic N) is 1. The minimum absolute atomic E-state index is 0.0951.